The van der Waals surface area contributed by atoms with E-state index in [1.54, 1.807) is 18.2 Å². The predicted molar refractivity (Wildman–Crippen MR) is 98.0 cm³/mol. The van der Waals surface area contributed by atoms with Crippen LogP contribution >= 0.6 is 11.3 Å². The van der Waals surface area contributed by atoms with Crippen LogP contribution in [0.2, 0.25) is 0 Å². The zero-order valence-electron chi connectivity index (χ0n) is 13.7. The van der Waals surface area contributed by atoms with Crippen molar-refractivity contribution in [1.29, 1.82) is 0 Å². The number of thiophene rings is 1. The summed E-state index contributed by atoms with van der Waals surface area (Å²) in [4.78, 5) is 24.5. The highest BCUT2D eigenvalue weighted by molar-refractivity contribution is 7.92. The van der Waals surface area contributed by atoms with Crippen molar-refractivity contribution in [2.24, 2.45) is 0 Å². The van der Waals surface area contributed by atoms with E-state index in [4.69, 9.17) is 4.74 Å². The summed E-state index contributed by atoms with van der Waals surface area (Å²) in [7, 11) is -2.04. The van der Waals surface area contributed by atoms with Crippen LogP contribution in [0.4, 0.5) is 11.4 Å². The van der Waals surface area contributed by atoms with Crippen molar-refractivity contribution < 1.29 is 22.7 Å². The molecule has 0 aliphatic heterocycles. The Balaban J connectivity index is 1.97. The number of hydrogen-bond donors (Lipinski definition) is 2. The Morgan fingerprint density at radius 1 is 1.20 bits per heavy atom. The van der Waals surface area contributed by atoms with Crippen molar-refractivity contribution in [1.82, 2.24) is 0 Å². The van der Waals surface area contributed by atoms with Gasteiger partial charge in [0.15, 0.2) is 5.78 Å². The third-order valence-electron chi connectivity index (χ3n) is 3.16. The van der Waals surface area contributed by atoms with Crippen molar-refractivity contribution in [3.05, 3.63) is 40.6 Å². The summed E-state index contributed by atoms with van der Waals surface area (Å²) in [6.07, 6.45) is 1.21. The summed E-state index contributed by atoms with van der Waals surface area (Å²) in [6.45, 7) is 0. The Bertz CT molecular complexity index is 861. The third kappa shape index (κ3) is 5.87. The van der Waals surface area contributed by atoms with Crippen LogP contribution in [0.3, 0.4) is 0 Å². The minimum atomic E-state index is -3.44. The Labute approximate surface area is 150 Å². The van der Waals surface area contributed by atoms with Gasteiger partial charge in [-0.3, -0.25) is 14.3 Å². The fourth-order valence-corrected chi connectivity index (χ4v) is 3.33. The maximum Gasteiger partial charge on any atom is 0.229 e. The molecule has 9 heteroatoms. The molecule has 1 amide bonds. The van der Waals surface area contributed by atoms with Gasteiger partial charge >= 0.3 is 0 Å². The first-order chi connectivity index (χ1) is 11.8. The number of ether oxygens (including phenoxy) is 1. The molecule has 0 bridgehead atoms. The zero-order valence-corrected chi connectivity index (χ0v) is 15.4. The zero-order chi connectivity index (χ0) is 18.4. The lowest BCUT2D eigenvalue weighted by atomic mass is 10.2. The van der Waals surface area contributed by atoms with Crippen LogP contribution in [0.25, 0.3) is 0 Å². The lowest BCUT2D eigenvalue weighted by molar-refractivity contribution is -0.116. The first kappa shape index (κ1) is 18.9. The summed E-state index contributed by atoms with van der Waals surface area (Å²) in [5.74, 6) is -0.107. The van der Waals surface area contributed by atoms with Gasteiger partial charge in [-0.25, -0.2) is 8.42 Å². The highest BCUT2D eigenvalue weighted by atomic mass is 32.2. The Hall–Kier alpha value is -2.39. The molecule has 0 unspecified atom stereocenters. The minimum absolute atomic E-state index is 0.0579. The second-order valence-electron chi connectivity index (χ2n) is 5.24. The first-order valence-corrected chi connectivity index (χ1v) is 10.1. The number of hydrogen-bond acceptors (Lipinski definition) is 6. The van der Waals surface area contributed by atoms with Crippen LogP contribution < -0.4 is 14.8 Å². The van der Waals surface area contributed by atoms with Crippen molar-refractivity contribution in [2.45, 2.75) is 12.8 Å². The van der Waals surface area contributed by atoms with E-state index < -0.39 is 10.0 Å². The molecule has 0 saturated carbocycles. The molecule has 134 valence electrons. The quantitative estimate of drug-likeness (QED) is 0.684. The van der Waals surface area contributed by atoms with Gasteiger partial charge in [-0.2, -0.15) is 0 Å². The average Bonchev–Trinajstić information content (AvgIpc) is 3.07. The fraction of sp³-hybridized carbons (Fsp3) is 0.250. The molecule has 2 N–H and O–H groups in total. The van der Waals surface area contributed by atoms with E-state index in [9.17, 15) is 18.0 Å². The fourth-order valence-electron chi connectivity index (χ4n) is 2.06. The monoisotopic (exact) mass is 382 g/mol. The molecule has 1 aromatic carbocycles. The van der Waals surface area contributed by atoms with Crippen molar-refractivity contribution >= 4 is 44.4 Å². The van der Waals surface area contributed by atoms with Gasteiger partial charge in [-0.15, -0.1) is 11.3 Å². The number of rotatable bonds is 8. The summed E-state index contributed by atoms with van der Waals surface area (Å²) >= 11 is 1.34. The van der Waals surface area contributed by atoms with Crippen LogP contribution in [0.15, 0.2) is 35.7 Å². The summed E-state index contributed by atoms with van der Waals surface area (Å²) in [5, 5.41) is 4.47. The van der Waals surface area contributed by atoms with Crippen LogP contribution in [-0.2, 0) is 14.8 Å². The molecule has 0 spiro atoms. The molecule has 2 rings (SSSR count). The van der Waals surface area contributed by atoms with E-state index in [0.29, 0.717) is 10.6 Å². The summed E-state index contributed by atoms with van der Waals surface area (Å²) in [6, 6.07) is 8.06. The lowest BCUT2D eigenvalue weighted by Crippen LogP contribution is -2.14. The predicted octanol–water partition coefficient (Wildman–Crippen LogP) is 2.73. The van der Waals surface area contributed by atoms with E-state index in [1.165, 1.54) is 30.6 Å². The highest BCUT2D eigenvalue weighted by Gasteiger charge is 2.12. The molecule has 1 aromatic heterocycles. The van der Waals surface area contributed by atoms with Gasteiger partial charge in [-0.1, -0.05) is 6.07 Å². The Kier molecular flexibility index (Phi) is 6.16. The minimum Gasteiger partial charge on any atom is -0.494 e. The van der Waals surface area contributed by atoms with E-state index in [1.807, 2.05) is 5.38 Å². The van der Waals surface area contributed by atoms with Gasteiger partial charge in [0.05, 0.1) is 23.9 Å². The van der Waals surface area contributed by atoms with Crippen LogP contribution in [0.1, 0.15) is 22.5 Å². The van der Waals surface area contributed by atoms with Gasteiger partial charge in [0.25, 0.3) is 0 Å². The van der Waals surface area contributed by atoms with Gasteiger partial charge in [0, 0.05) is 24.6 Å². The second-order valence-corrected chi connectivity index (χ2v) is 7.93. The third-order valence-corrected chi connectivity index (χ3v) is 4.66. The maximum atomic E-state index is 12.0. The number of amides is 1. The molecular formula is C16H18N2O5S2. The molecule has 0 fully saturated rings. The number of methoxy groups -OCH3 is 1. The topological polar surface area (TPSA) is 102 Å². The molecule has 0 atom stereocenters. The summed E-state index contributed by atoms with van der Waals surface area (Å²) in [5.41, 5.74) is 0.723. The standard InChI is InChI=1S/C16H18N2O5S2/c1-23-14-10-11(5-6-12(14)18-25(2,21)22)17-16(20)8-7-13(19)15-4-3-9-24-15/h3-6,9-10,18H,7-8H2,1-2H3,(H,17,20). The number of nitrogens with one attached hydrogen (secondary N) is 2. The van der Waals surface area contributed by atoms with Crippen LogP contribution in [0.5, 0.6) is 5.75 Å². The number of benzene rings is 1. The number of anilines is 2. The molecule has 0 saturated heterocycles. The highest BCUT2D eigenvalue weighted by Crippen LogP contribution is 2.28. The summed E-state index contributed by atoms with van der Waals surface area (Å²) < 4.78 is 30.1. The van der Waals surface area contributed by atoms with Crippen molar-refractivity contribution in [2.75, 3.05) is 23.4 Å². The van der Waals surface area contributed by atoms with Gasteiger partial charge < -0.3 is 10.1 Å². The number of sulfonamides is 1. The molecule has 7 nitrogen and oxygen atoms in total. The average molecular weight is 382 g/mol. The van der Waals surface area contributed by atoms with Gasteiger partial charge in [-0.05, 0) is 23.6 Å². The maximum absolute atomic E-state index is 12.0. The number of carbonyl (C=O) groups is 2. The molecule has 2 aromatic rings. The largest absolute Gasteiger partial charge is 0.494 e. The lowest BCUT2D eigenvalue weighted by Gasteiger charge is -2.12. The van der Waals surface area contributed by atoms with Crippen molar-refractivity contribution in [3.63, 3.8) is 0 Å². The molecule has 0 radical (unpaired) electrons. The van der Waals surface area contributed by atoms with Gasteiger partial charge in [0.1, 0.15) is 5.75 Å². The van der Waals surface area contributed by atoms with Crippen LogP contribution in [-0.4, -0.2) is 33.5 Å². The van der Waals surface area contributed by atoms with Gasteiger partial charge in [0.2, 0.25) is 15.9 Å². The number of Topliss-reactive ketones (excluding diaryl/α,β-unsaturated/α-hetero) is 1. The SMILES string of the molecule is COc1cc(NC(=O)CCC(=O)c2cccs2)ccc1NS(C)(=O)=O. The molecule has 0 aliphatic carbocycles. The van der Waals surface area contributed by atoms with E-state index in [0.717, 1.165) is 6.26 Å². The van der Waals surface area contributed by atoms with E-state index >= 15 is 0 Å². The van der Waals surface area contributed by atoms with Crippen molar-refractivity contribution in [3.8, 4) is 5.75 Å². The van der Waals surface area contributed by atoms with Crippen LogP contribution in [0, 0.1) is 0 Å². The van der Waals surface area contributed by atoms with E-state index in [-0.39, 0.29) is 36.0 Å². The number of ketones is 1. The Morgan fingerprint density at radius 3 is 2.56 bits per heavy atom. The molecular weight excluding hydrogens is 364 g/mol. The number of carbonyl (C=O) groups excluding carboxylic acids is 2. The second kappa shape index (κ2) is 8.13. The molecule has 1 heterocycles. The molecule has 25 heavy (non-hydrogen) atoms. The van der Waals surface area contributed by atoms with E-state index in [2.05, 4.69) is 10.0 Å². The normalized spacial score (nSPS) is 11.0. The first-order valence-electron chi connectivity index (χ1n) is 7.31. The smallest absolute Gasteiger partial charge is 0.229 e. The Morgan fingerprint density at radius 2 is 1.96 bits per heavy atom. The molecule has 0 aliphatic rings.